The van der Waals surface area contributed by atoms with Crippen molar-refractivity contribution in [3.8, 4) is 5.75 Å². The summed E-state index contributed by atoms with van der Waals surface area (Å²) in [4.78, 5) is 30.3. The molecule has 2 heterocycles. The van der Waals surface area contributed by atoms with E-state index >= 15 is 0 Å². The Hall–Kier alpha value is -3.15. The Kier molecular flexibility index (Phi) is 9.93. The van der Waals surface area contributed by atoms with Crippen LogP contribution in [0.1, 0.15) is 48.2 Å². The molecule has 8 nitrogen and oxygen atoms in total. The third-order valence-corrected chi connectivity index (χ3v) is 7.77. The summed E-state index contributed by atoms with van der Waals surface area (Å²) < 4.78 is 50.9. The summed E-state index contributed by atoms with van der Waals surface area (Å²) in [6, 6.07) is 9.67. The third-order valence-electron chi connectivity index (χ3n) is 7.77. The lowest BCUT2D eigenvalue weighted by atomic mass is 9.98. The average Bonchev–Trinajstić information content (AvgIpc) is 2.95. The Balaban J connectivity index is 1.60. The molecule has 1 saturated heterocycles. The van der Waals surface area contributed by atoms with Gasteiger partial charge in [-0.2, -0.15) is 13.2 Å². The zero-order valence-electron chi connectivity index (χ0n) is 23.6. The molecule has 0 spiro atoms. The number of hydrogen-bond acceptors (Lipinski definition) is 6. The fraction of sp³-hybridized carbons (Fsp3) is 0.533. The molecule has 41 heavy (non-hydrogen) atoms. The molecule has 11 heteroatoms. The quantitative estimate of drug-likeness (QED) is 0.483. The van der Waals surface area contributed by atoms with Crippen LogP contribution >= 0.6 is 0 Å². The van der Waals surface area contributed by atoms with Gasteiger partial charge in [-0.1, -0.05) is 25.1 Å². The summed E-state index contributed by atoms with van der Waals surface area (Å²) in [7, 11) is 1.85. The molecule has 0 aromatic heterocycles. The number of aliphatic hydroxyl groups is 1. The summed E-state index contributed by atoms with van der Waals surface area (Å²) in [6.45, 7) is 5.65. The molecule has 224 valence electrons. The number of rotatable bonds is 8. The first-order chi connectivity index (χ1) is 19.5. The number of amides is 2. The zero-order valence-corrected chi connectivity index (χ0v) is 23.6. The second kappa shape index (κ2) is 13.2. The molecule has 2 N–H and O–H groups in total. The molecule has 0 unspecified atom stereocenters. The van der Waals surface area contributed by atoms with Crippen LogP contribution < -0.4 is 10.1 Å². The van der Waals surface area contributed by atoms with Crippen molar-refractivity contribution in [1.29, 1.82) is 0 Å². The van der Waals surface area contributed by atoms with Gasteiger partial charge in [0, 0.05) is 44.7 Å². The molecule has 0 saturated carbocycles. The second-order valence-electron chi connectivity index (χ2n) is 11.1. The summed E-state index contributed by atoms with van der Waals surface area (Å²) in [6.07, 6.45) is -3.61. The van der Waals surface area contributed by atoms with Crippen LogP contribution in [0.5, 0.6) is 5.75 Å². The van der Waals surface area contributed by atoms with Crippen molar-refractivity contribution >= 4 is 17.5 Å². The highest BCUT2D eigenvalue weighted by molar-refractivity contribution is 6.02. The van der Waals surface area contributed by atoms with E-state index in [0.29, 0.717) is 51.4 Å². The average molecular weight is 578 g/mol. The fourth-order valence-corrected chi connectivity index (χ4v) is 5.24. The number of anilines is 1. The number of nitrogens with one attached hydrogen (secondary N) is 1. The van der Waals surface area contributed by atoms with Gasteiger partial charge in [0.25, 0.3) is 5.91 Å². The molecule has 2 aromatic rings. The number of ether oxygens (including phenoxy) is 2. The Morgan fingerprint density at radius 1 is 1.17 bits per heavy atom. The van der Waals surface area contributed by atoms with E-state index in [1.165, 1.54) is 12.1 Å². The first-order valence-corrected chi connectivity index (χ1v) is 13.9. The summed E-state index contributed by atoms with van der Waals surface area (Å²) >= 11 is 0. The molecular weight excluding hydrogens is 539 g/mol. The number of hydrogen-bond donors (Lipinski definition) is 2. The number of halogens is 3. The van der Waals surface area contributed by atoms with E-state index in [1.54, 1.807) is 30.0 Å². The number of likely N-dealkylation sites (N-methyl/N-ethyl adjacent to an activating group) is 1. The van der Waals surface area contributed by atoms with E-state index in [2.05, 4.69) is 5.32 Å². The minimum absolute atomic E-state index is 0.163. The van der Waals surface area contributed by atoms with Crippen molar-refractivity contribution < 1.29 is 37.3 Å². The molecule has 3 atom stereocenters. The van der Waals surface area contributed by atoms with Gasteiger partial charge in [-0.3, -0.25) is 14.5 Å². The third kappa shape index (κ3) is 7.58. The maximum absolute atomic E-state index is 13.7. The van der Waals surface area contributed by atoms with Gasteiger partial charge in [-0.15, -0.1) is 0 Å². The van der Waals surface area contributed by atoms with Gasteiger partial charge in [0.05, 0.1) is 29.5 Å². The largest absolute Gasteiger partial charge is 0.486 e. The summed E-state index contributed by atoms with van der Waals surface area (Å²) in [5.41, 5.74) is 0.705. The van der Waals surface area contributed by atoms with E-state index in [1.807, 2.05) is 18.9 Å². The molecule has 1 fully saturated rings. The number of para-hydroxylation sites is 1. The minimum Gasteiger partial charge on any atom is -0.486 e. The first kappa shape index (κ1) is 30.8. The highest BCUT2D eigenvalue weighted by Gasteiger charge is 2.35. The van der Waals surface area contributed by atoms with Crippen LogP contribution in [0.4, 0.5) is 18.9 Å². The van der Waals surface area contributed by atoms with Gasteiger partial charge >= 0.3 is 6.18 Å². The molecule has 4 rings (SSSR count). The van der Waals surface area contributed by atoms with Crippen LogP contribution in [0.15, 0.2) is 42.5 Å². The number of carbonyl (C=O) groups excluding carboxylic acids is 2. The predicted octanol–water partition coefficient (Wildman–Crippen LogP) is 4.42. The van der Waals surface area contributed by atoms with Crippen molar-refractivity contribution in [3.63, 3.8) is 0 Å². The summed E-state index contributed by atoms with van der Waals surface area (Å²) in [5, 5.41) is 12.9. The van der Waals surface area contributed by atoms with Crippen LogP contribution in [0.3, 0.4) is 0 Å². The molecular formula is C30H38F3N3O5. The molecule has 2 aliphatic heterocycles. The predicted molar refractivity (Wildman–Crippen MR) is 148 cm³/mol. The van der Waals surface area contributed by atoms with Gasteiger partial charge < -0.3 is 24.8 Å². The number of benzene rings is 2. The zero-order chi connectivity index (χ0) is 29.7. The van der Waals surface area contributed by atoms with Crippen LogP contribution in [0.25, 0.3) is 0 Å². The Labute approximate surface area is 238 Å². The van der Waals surface area contributed by atoms with Crippen LogP contribution in [-0.2, 0) is 22.3 Å². The van der Waals surface area contributed by atoms with Gasteiger partial charge in [-0.25, -0.2) is 0 Å². The van der Waals surface area contributed by atoms with E-state index in [-0.39, 0.29) is 41.6 Å². The molecule has 0 bridgehead atoms. The van der Waals surface area contributed by atoms with Crippen molar-refractivity contribution in [3.05, 3.63) is 59.2 Å². The van der Waals surface area contributed by atoms with Crippen molar-refractivity contribution in [2.45, 2.75) is 51.6 Å². The van der Waals surface area contributed by atoms with Crippen LogP contribution in [-0.4, -0.2) is 78.8 Å². The number of alkyl halides is 3. The van der Waals surface area contributed by atoms with Crippen LogP contribution in [0.2, 0.25) is 0 Å². The lowest BCUT2D eigenvalue weighted by molar-refractivity contribution is -0.137. The normalized spacial score (nSPS) is 21.1. The lowest BCUT2D eigenvalue weighted by Gasteiger charge is -2.38. The standard InChI is InChI=1S/C30H38F3N3O5/c1-19-15-36(20(2)18-37)29(39)24-5-4-6-25(34-28(38)22-11-13-40-14-12-22)27(24)41-26(19)17-35(3)16-21-7-9-23(10-8-21)30(31,32)33/h4-10,19-20,22,26,37H,11-18H2,1-3H3,(H,34,38)/t19-,20-,26+/m1/s1. The Morgan fingerprint density at radius 3 is 2.49 bits per heavy atom. The highest BCUT2D eigenvalue weighted by atomic mass is 19.4. The highest BCUT2D eigenvalue weighted by Crippen LogP contribution is 2.36. The van der Waals surface area contributed by atoms with Gasteiger partial charge in [0.2, 0.25) is 5.91 Å². The van der Waals surface area contributed by atoms with E-state index in [4.69, 9.17) is 9.47 Å². The topological polar surface area (TPSA) is 91.3 Å². The molecule has 0 aliphatic carbocycles. The van der Waals surface area contributed by atoms with Crippen molar-refractivity contribution in [2.75, 3.05) is 45.3 Å². The SMILES string of the molecule is C[C@@H]1CN([C@H](C)CO)C(=O)c2cccc(NC(=O)C3CCOCC3)c2O[C@H]1CN(C)Cc1ccc(C(F)(F)F)cc1. The number of aliphatic hydroxyl groups excluding tert-OH is 1. The van der Waals surface area contributed by atoms with E-state index in [9.17, 15) is 27.9 Å². The molecule has 0 radical (unpaired) electrons. The fourth-order valence-electron chi connectivity index (χ4n) is 5.24. The Morgan fingerprint density at radius 2 is 1.85 bits per heavy atom. The summed E-state index contributed by atoms with van der Waals surface area (Å²) in [5.74, 6) is -0.571. The monoisotopic (exact) mass is 577 g/mol. The second-order valence-corrected chi connectivity index (χ2v) is 11.1. The maximum atomic E-state index is 13.7. The number of carbonyl (C=O) groups is 2. The van der Waals surface area contributed by atoms with Gasteiger partial charge in [0.15, 0.2) is 5.75 Å². The number of fused-ring (bicyclic) bond motifs is 1. The minimum atomic E-state index is -4.40. The van der Waals surface area contributed by atoms with E-state index in [0.717, 1.165) is 17.7 Å². The first-order valence-electron chi connectivity index (χ1n) is 13.9. The molecule has 2 aliphatic rings. The maximum Gasteiger partial charge on any atom is 0.416 e. The Bertz CT molecular complexity index is 1200. The van der Waals surface area contributed by atoms with Crippen molar-refractivity contribution in [2.24, 2.45) is 11.8 Å². The molecule has 2 aromatic carbocycles. The van der Waals surface area contributed by atoms with Crippen molar-refractivity contribution in [1.82, 2.24) is 9.80 Å². The molecule has 2 amide bonds. The van der Waals surface area contributed by atoms with Crippen LogP contribution in [0, 0.1) is 11.8 Å². The van der Waals surface area contributed by atoms with Gasteiger partial charge in [0.1, 0.15) is 6.10 Å². The van der Waals surface area contributed by atoms with Gasteiger partial charge in [-0.05, 0) is 56.6 Å². The number of nitrogens with zero attached hydrogens (tertiary/aromatic N) is 2. The lowest BCUT2D eigenvalue weighted by Crippen LogP contribution is -2.49. The smallest absolute Gasteiger partial charge is 0.416 e. The van der Waals surface area contributed by atoms with E-state index < -0.39 is 23.9 Å².